The van der Waals surface area contributed by atoms with E-state index in [1.807, 2.05) is 6.92 Å². The van der Waals surface area contributed by atoms with Gasteiger partial charge in [-0.1, -0.05) is 61.3 Å². The summed E-state index contributed by atoms with van der Waals surface area (Å²) in [5.41, 5.74) is 1.00. The Labute approximate surface area is 218 Å². The predicted molar refractivity (Wildman–Crippen MR) is 141 cm³/mol. The van der Waals surface area contributed by atoms with E-state index in [1.54, 1.807) is 55.5 Å². The molecular weight excluding hydrogens is 511 g/mol. The third-order valence-electron chi connectivity index (χ3n) is 5.34. The molecule has 0 bridgehead atoms. The number of halogens is 2. The van der Waals surface area contributed by atoms with Crippen LogP contribution in [-0.2, 0) is 26.3 Å². The average Bonchev–Trinajstić information content (AvgIpc) is 2.83. The lowest BCUT2D eigenvalue weighted by Gasteiger charge is -2.34. The Morgan fingerprint density at radius 3 is 2.20 bits per heavy atom. The van der Waals surface area contributed by atoms with Crippen molar-refractivity contribution in [2.75, 3.05) is 31.5 Å². The smallest absolute Gasteiger partial charge is 0.304 e. The first kappa shape index (κ1) is 28.9. The van der Waals surface area contributed by atoms with Gasteiger partial charge in [0.25, 0.3) is 0 Å². The molecule has 0 heterocycles. The monoisotopic (exact) mass is 542 g/mol. The number of para-hydroxylation sites is 1. The number of anilines is 1. The van der Waals surface area contributed by atoms with Crippen LogP contribution in [0.15, 0.2) is 48.5 Å². The van der Waals surface area contributed by atoms with E-state index in [0.29, 0.717) is 34.3 Å². The normalized spacial score (nSPS) is 12.3. The molecule has 0 saturated carbocycles. The fraction of sp³-hybridized carbons (Fsp3) is 0.417. The Morgan fingerprint density at radius 1 is 1.00 bits per heavy atom. The zero-order chi connectivity index (χ0) is 26.2. The Hall–Kier alpha value is -2.33. The van der Waals surface area contributed by atoms with Crippen LogP contribution in [0.5, 0.6) is 0 Å². The molecule has 0 aliphatic carbocycles. The van der Waals surface area contributed by atoms with Gasteiger partial charge in [0, 0.05) is 27.2 Å². The number of hydrogen-bond donors (Lipinski definition) is 1. The largest absolute Gasteiger partial charge is 0.354 e. The number of carbonyl (C=O) groups is 2. The maximum absolute atomic E-state index is 13.7. The average molecular weight is 544 g/mol. The van der Waals surface area contributed by atoms with Gasteiger partial charge in [0.15, 0.2) is 0 Å². The molecule has 0 aliphatic heterocycles. The lowest BCUT2D eigenvalue weighted by Crippen LogP contribution is -2.53. The summed E-state index contributed by atoms with van der Waals surface area (Å²) in [6, 6.07) is 12.5. The zero-order valence-corrected chi connectivity index (χ0v) is 22.7. The van der Waals surface area contributed by atoms with E-state index < -0.39 is 28.7 Å². The lowest BCUT2D eigenvalue weighted by molar-refractivity contribution is -0.140. The van der Waals surface area contributed by atoms with Crippen LogP contribution < -0.4 is 9.62 Å². The second-order valence-electron chi connectivity index (χ2n) is 8.12. The molecule has 0 aliphatic rings. The molecule has 1 atom stereocenters. The topological polar surface area (TPSA) is 90.0 Å². The summed E-state index contributed by atoms with van der Waals surface area (Å²) in [5, 5.41) is 3.53. The SMILES string of the molecule is CCCNC(=O)[C@@H](CC)N(Cc1ccc(Cl)c(Cl)c1)C(=O)CN(c1ccccc1)S(=O)(=O)N(C)C. The molecule has 8 nitrogen and oxygen atoms in total. The van der Waals surface area contributed by atoms with E-state index in [4.69, 9.17) is 23.2 Å². The number of nitrogens with zero attached hydrogens (tertiary/aromatic N) is 3. The van der Waals surface area contributed by atoms with Crippen LogP contribution in [0.4, 0.5) is 5.69 Å². The number of hydrogen-bond acceptors (Lipinski definition) is 4. The molecule has 0 spiro atoms. The summed E-state index contributed by atoms with van der Waals surface area (Å²) < 4.78 is 28.3. The third-order valence-corrected chi connectivity index (χ3v) is 7.89. The first-order valence-electron chi connectivity index (χ1n) is 11.3. The van der Waals surface area contributed by atoms with E-state index in [2.05, 4.69) is 5.32 Å². The lowest BCUT2D eigenvalue weighted by atomic mass is 10.1. The first-order chi connectivity index (χ1) is 16.5. The maximum Gasteiger partial charge on any atom is 0.304 e. The predicted octanol–water partition coefficient (Wildman–Crippen LogP) is 3.94. The second-order valence-corrected chi connectivity index (χ2v) is 11.0. The van der Waals surface area contributed by atoms with Crippen LogP contribution >= 0.6 is 23.2 Å². The zero-order valence-electron chi connectivity index (χ0n) is 20.4. The van der Waals surface area contributed by atoms with Gasteiger partial charge in [0.1, 0.15) is 12.6 Å². The molecule has 1 N–H and O–H groups in total. The van der Waals surface area contributed by atoms with Crippen LogP contribution in [0.2, 0.25) is 10.0 Å². The summed E-state index contributed by atoms with van der Waals surface area (Å²) in [5.74, 6) is -0.826. The van der Waals surface area contributed by atoms with Crippen molar-refractivity contribution in [1.82, 2.24) is 14.5 Å². The van der Waals surface area contributed by atoms with E-state index in [0.717, 1.165) is 15.0 Å². The Kier molecular flexibility index (Phi) is 10.8. The number of benzene rings is 2. The molecule has 192 valence electrons. The summed E-state index contributed by atoms with van der Waals surface area (Å²) in [7, 11) is -1.19. The van der Waals surface area contributed by atoms with Crippen molar-refractivity contribution in [2.24, 2.45) is 0 Å². The van der Waals surface area contributed by atoms with E-state index >= 15 is 0 Å². The Bertz CT molecular complexity index is 1110. The minimum Gasteiger partial charge on any atom is -0.354 e. The molecule has 35 heavy (non-hydrogen) atoms. The van der Waals surface area contributed by atoms with Crippen LogP contribution in [0.25, 0.3) is 0 Å². The van der Waals surface area contributed by atoms with Crippen molar-refractivity contribution in [3.63, 3.8) is 0 Å². The Morgan fingerprint density at radius 2 is 1.66 bits per heavy atom. The third kappa shape index (κ3) is 7.57. The van der Waals surface area contributed by atoms with Gasteiger partial charge in [0.2, 0.25) is 11.8 Å². The van der Waals surface area contributed by atoms with Gasteiger partial charge in [-0.05, 0) is 42.7 Å². The number of carbonyl (C=O) groups excluding carboxylic acids is 2. The minimum atomic E-state index is -3.99. The molecule has 2 amide bonds. The number of amides is 2. The van der Waals surface area contributed by atoms with E-state index in [-0.39, 0.29) is 12.5 Å². The van der Waals surface area contributed by atoms with Gasteiger partial charge in [-0.3, -0.25) is 9.59 Å². The second kappa shape index (κ2) is 13.1. The summed E-state index contributed by atoms with van der Waals surface area (Å²) in [6.07, 6.45) is 1.08. The minimum absolute atomic E-state index is 0.0540. The number of rotatable bonds is 12. The summed E-state index contributed by atoms with van der Waals surface area (Å²) in [4.78, 5) is 28.0. The first-order valence-corrected chi connectivity index (χ1v) is 13.4. The number of nitrogens with one attached hydrogen (secondary N) is 1. The van der Waals surface area contributed by atoms with Crippen LogP contribution in [-0.4, -0.2) is 62.7 Å². The van der Waals surface area contributed by atoms with Crippen molar-refractivity contribution in [2.45, 2.75) is 39.3 Å². The Balaban J connectivity index is 2.48. The molecule has 2 rings (SSSR count). The van der Waals surface area contributed by atoms with Crippen molar-refractivity contribution < 1.29 is 18.0 Å². The highest BCUT2D eigenvalue weighted by Crippen LogP contribution is 2.25. The summed E-state index contributed by atoms with van der Waals surface area (Å²) >= 11 is 12.2. The van der Waals surface area contributed by atoms with Crippen molar-refractivity contribution in [3.05, 3.63) is 64.1 Å². The molecule has 0 fully saturated rings. The van der Waals surface area contributed by atoms with Gasteiger partial charge < -0.3 is 10.2 Å². The molecule has 2 aromatic carbocycles. The van der Waals surface area contributed by atoms with Gasteiger partial charge in [-0.15, -0.1) is 0 Å². The quantitative estimate of drug-likeness (QED) is 0.439. The molecule has 0 radical (unpaired) electrons. The molecule has 0 saturated heterocycles. The van der Waals surface area contributed by atoms with Crippen LogP contribution in [0.1, 0.15) is 32.3 Å². The van der Waals surface area contributed by atoms with Crippen LogP contribution in [0, 0.1) is 0 Å². The van der Waals surface area contributed by atoms with Gasteiger partial charge in [0.05, 0.1) is 15.7 Å². The van der Waals surface area contributed by atoms with Crippen molar-refractivity contribution >= 4 is 50.9 Å². The molecular formula is C24H32Cl2N4O4S. The van der Waals surface area contributed by atoms with Gasteiger partial charge in [-0.25, -0.2) is 4.31 Å². The maximum atomic E-state index is 13.7. The van der Waals surface area contributed by atoms with Crippen molar-refractivity contribution in [3.8, 4) is 0 Å². The molecule has 0 aromatic heterocycles. The molecule has 0 unspecified atom stereocenters. The van der Waals surface area contributed by atoms with Gasteiger partial charge in [-0.2, -0.15) is 12.7 Å². The van der Waals surface area contributed by atoms with E-state index in [1.165, 1.54) is 19.0 Å². The van der Waals surface area contributed by atoms with Crippen LogP contribution in [0.3, 0.4) is 0 Å². The highest BCUT2D eigenvalue weighted by molar-refractivity contribution is 7.90. The van der Waals surface area contributed by atoms with E-state index in [9.17, 15) is 18.0 Å². The van der Waals surface area contributed by atoms with Crippen molar-refractivity contribution in [1.29, 1.82) is 0 Å². The summed E-state index contributed by atoms with van der Waals surface area (Å²) in [6.45, 7) is 3.78. The van der Waals surface area contributed by atoms with Gasteiger partial charge >= 0.3 is 10.2 Å². The highest BCUT2D eigenvalue weighted by Gasteiger charge is 2.33. The fourth-order valence-electron chi connectivity index (χ4n) is 3.43. The molecule has 11 heteroatoms. The standard InChI is InChI=1S/C24H32Cl2N4O4S/c1-5-14-27-24(32)22(6-2)29(16-18-12-13-20(25)21(26)15-18)23(31)17-30(35(33,34)28(3)4)19-10-8-7-9-11-19/h7-13,15,22H,5-6,14,16-17H2,1-4H3,(H,27,32)/t22-/m1/s1. The fourth-order valence-corrected chi connectivity index (χ4v) is 4.81. The highest BCUT2D eigenvalue weighted by atomic mass is 35.5. The molecule has 2 aromatic rings.